The third-order valence-electron chi connectivity index (χ3n) is 3.03. The Bertz CT molecular complexity index is 607. The molecule has 6 heteroatoms. The molecule has 0 spiro atoms. The highest BCUT2D eigenvalue weighted by atomic mass is 79.9. The van der Waals surface area contributed by atoms with Crippen molar-refractivity contribution >= 4 is 21.6 Å². The average molecular weight is 336 g/mol. The van der Waals surface area contributed by atoms with Crippen LogP contribution in [0.2, 0.25) is 0 Å². The molecule has 1 atom stereocenters. The molecule has 0 fully saturated rings. The SMILES string of the molecule is CC(Nc1cc2c(cc1Br)OCCO2)c1cnccn1. The standard InChI is InChI=1S/C14H14BrN3O2/c1-9(12-8-16-2-3-17-12)18-11-7-14-13(6-10(11)15)19-4-5-20-14/h2-3,6-9,18H,4-5H2,1H3. The highest BCUT2D eigenvalue weighted by molar-refractivity contribution is 9.10. The first-order valence-electron chi connectivity index (χ1n) is 6.35. The van der Waals surface area contributed by atoms with E-state index in [-0.39, 0.29) is 6.04 Å². The highest BCUT2D eigenvalue weighted by Crippen LogP contribution is 2.39. The summed E-state index contributed by atoms with van der Waals surface area (Å²) in [6, 6.07) is 3.90. The number of rotatable bonds is 3. The Morgan fingerprint density at radius 3 is 2.65 bits per heavy atom. The van der Waals surface area contributed by atoms with Crippen molar-refractivity contribution < 1.29 is 9.47 Å². The van der Waals surface area contributed by atoms with E-state index in [9.17, 15) is 0 Å². The summed E-state index contributed by atoms with van der Waals surface area (Å²) in [5.74, 6) is 1.52. The molecule has 1 unspecified atom stereocenters. The first kappa shape index (κ1) is 13.2. The van der Waals surface area contributed by atoms with Crippen molar-refractivity contribution in [1.82, 2.24) is 9.97 Å². The van der Waals surface area contributed by atoms with E-state index in [1.54, 1.807) is 18.6 Å². The number of hydrogen-bond acceptors (Lipinski definition) is 5. The van der Waals surface area contributed by atoms with E-state index >= 15 is 0 Å². The fraction of sp³-hybridized carbons (Fsp3) is 0.286. The largest absolute Gasteiger partial charge is 0.486 e. The number of fused-ring (bicyclic) bond motifs is 1. The highest BCUT2D eigenvalue weighted by Gasteiger charge is 2.16. The predicted molar refractivity (Wildman–Crippen MR) is 79.2 cm³/mol. The lowest BCUT2D eigenvalue weighted by Gasteiger charge is -2.22. The Morgan fingerprint density at radius 1 is 1.20 bits per heavy atom. The van der Waals surface area contributed by atoms with Gasteiger partial charge in [0.25, 0.3) is 0 Å². The second-order valence-electron chi connectivity index (χ2n) is 4.47. The number of anilines is 1. The molecule has 3 rings (SSSR count). The summed E-state index contributed by atoms with van der Waals surface area (Å²) in [6.45, 7) is 3.20. The average Bonchev–Trinajstić information content (AvgIpc) is 2.49. The van der Waals surface area contributed by atoms with Crippen molar-refractivity contribution in [3.63, 3.8) is 0 Å². The summed E-state index contributed by atoms with van der Waals surface area (Å²) in [5.41, 5.74) is 1.82. The molecule has 1 aliphatic rings. The molecule has 20 heavy (non-hydrogen) atoms. The Kier molecular flexibility index (Phi) is 3.73. The van der Waals surface area contributed by atoms with Gasteiger partial charge in [0.2, 0.25) is 0 Å². The number of nitrogens with zero attached hydrogens (tertiary/aromatic N) is 2. The Labute approximate surface area is 125 Å². The van der Waals surface area contributed by atoms with Gasteiger partial charge in [-0.15, -0.1) is 0 Å². The van der Waals surface area contributed by atoms with E-state index < -0.39 is 0 Å². The molecular weight excluding hydrogens is 322 g/mol. The van der Waals surface area contributed by atoms with Gasteiger partial charge >= 0.3 is 0 Å². The Balaban J connectivity index is 1.84. The second-order valence-corrected chi connectivity index (χ2v) is 5.33. The van der Waals surface area contributed by atoms with Crippen molar-refractivity contribution in [2.75, 3.05) is 18.5 Å². The third kappa shape index (κ3) is 2.70. The van der Waals surface area contributed by atoms with Crippen LogP contribution in [-0.2, 0) is 0 Å². The first-order valence-corrected chi connectivity index (χ1v) is 7.15. The maximum Gasteiger partial charge on any atom is 0.163 e. The molecular formula is C14H14BrN3O2. The van der Waals surface area contributed by atoms with Crippen LogP contribution in [0.4, 0.5) is 5.69 Å². The molecule has 0 saturated carbocycles. The molecule has 2 heterocycles. The van der Waals surface area contributed by atoms with Gasteiger partial charge in [-0.1, -0.05) is 0 Å². The molecule has 1 aromatic carbocycles. The van der Waals surface area contributed by atoms with Gasteiger partial charge in [0, 0.05) is 29.0 Å². The Morgan fingerprint density at radius 2 is 1.95 bits per heavy atom. The Hall–Kier alpha value is -1.82. The van der Waals surface area contributed by atoms with Crippen molar-refractivity contribution in [3.05, 3.63) is 40.9 Å². The van der Waals surface area contributed by atoms with E-state index in [0.717, 1.165) is 27.4 Å². The van der Waals surface area contributed by atoms with Gasteiger partial charge in [-0.2, -0.15) is 0 Å². The summed E-state index contributed by atoms with van der Waals surface area (Å²) in [6.07, 6.45) is 5.10. The number of benzene rings is 1. The summed E-state index contributed by atoms with van der Waals surface area (Å²) >= 11 is 3.54. The normalized spacial score (nSPS) is 14.7. The fourth-order valence-corrected chi connectivity index (χ4v) is 2.45. The van der Waals surface area contributed by atoms with Gasteiger partial charge in [0.05, 0.1) is 23.6 Å². The van der Waals surface area contributed by atoms with Crippen LogP contribution < -0.4 is 14.8 Å². The molecule has 0 radical (unpaired) electrons. The number of aromatic nitrogens is 2. The zero-order valence-corrected chi connectivity index (χ0v) is 12.6. The minimum atomic E-state index is 0.0440. The van der Waals surface area contributed by atoms with Crippen molar-refractivity contribution in [1.29, 1.82) is 0 Å². The number of hydrogen-bond donors (Lipinski definition) is 1. The number of nitrogens with one attached hydrogen (secondary N) is 1. The minimum absolute atomic E-state index is 0.0440. The van der Waals surface area contributed by atoms with Gasteiger partial charge in [-0.25, -0.2) is 0 Å². The van der Waals surface area contributed by atoms with Gasteiger partial charge in [0.15, 0.2) is 11.5 Å². The van der Waals surface area contributed by atoms with Crippen LogP contribution in [0.15, 0.2) is 35.2 Å². The molecule has 0 amide bonds. The molecule has 0 saturated heterocycles. The smallest absolute Gasteiger partial charge is 0.163 e. The summed E-state index contributed by atoms with van der Waals surface area (Å²) in [7, 11) is 0. The molecule has 1 N–H and O–H groups in total. The fourth-order valence-electron chi connectivity index (χ4n) is 2.02. The van der Waals surface area contributed by atoms with Crippen LogP contribution in [0.1, 0.15) is 18.7 Å². The van der Waals surface area contributed by atoms with Crippen LogP contribution in [-0.4, -0.2) is 23.2 Å². The van der Waals surface area contributed by atoms with Crippen LogP contribution in [0, 0.1) is 0 Å². The van der Waals surface area contributed by atoms with Crippen molar-refractivity contribution in [2.45, 2.75) is 13.0 Å². The lowest BCUT2D eigenvalue weighted by atomic mass is 10.2. The van der Waals surface area contributed by atoms with E-state index in [0.29, 0.717) is 13.2 Å². The lowest BCUT2D eigenvalue weighted by Crippen LogP contribution is -2.16. The van der Waals surface area contributed by atoms with E-state index in [4.69, 9.17) is 9.47 Å². The topological polar surface area (TPSA) is 56.3 Å². The monoisotopic (exact) mass is 335 g/mol. The van der Waals surface area contributed by atoms with Crippen LogP contribution in [0.25, 0.3) is 0 Å². The van der Waals surface area contributed by atoms with E-state index in [2.05, 4.69) is 31.2 Å². The van der Waals surface area contributed by atoms with Gasteiger partial charge < -0.3 is 14.8 Å². The van der Waals surface area contributed by atoms with Gasteiger partial charge in [-0.3, -0.25) is 9.97 Å². The zero-order chi connectivity index (χ0) is 13.9. The third-order valence-corrected chi connectivity index (χ3v) is 3.69. The van der Waals surface area contributed by atoms with Gasteiger partial charge in [0.1, 0.15) is 13.2 Å². The maximum atomic E-state index is 5.59. The van der Waals surface area contributed by atoms with Crippen LogP contribution in [0.5, 0.6) is 11.5 Å². The lowest BCUT2D eigenvalue weighted by molar-refractivity contribution is 0.171. The van der Waals surface area contributed by atoms with Gasteiger partial charge in [-0.05, 0) is 22.9 Å². The molecule has 0 bridgehead atoms. The number of ether oxygens (including phenoxy) is 2. The first-order chi connectivity index (χ1) is 9.74. The summed E-state index contributed by atoms with van der Waals surface area (Å²) in [5, 5.41) is 3.39. The second kappa shape index (κ2) is 5.66. The summed E-state index contributed by atoms with van der Waals surface area (Å²) < 4.78 is 12.1. The molecule has 5 nitrogen and oxygen atoms in total. The number of halogens is 1. The zero-order valence-electron chi connectivity index (χ0n) is 11.0. The molecule has 104 valence electrons. The summed E-state index contributed by atoms with van der Waals surface area (Å²) in [4.78, 5) is 8.38. The van der Waals surface area contributed by atoms with Crippen molar-refractivity contribution in [3.8, 4) is 11.5 Å². The van der Waals surface area contributed by atoms with Crippen LogP contribution >= 0.6 is 15.9 Å². The predicted octanol–water partition coefficient (Wildman–Crippen LogP) is 3.18. The molecule has 1 aromatic heterocycles. The van der Waals surface area contributed by atoms with E-state index in [1.807, 2.05) is 19.1 Å². The quantitative estimate of drug-likeness (QED) is 0.933. The van der Waals surface area contributed by atoms with Crippen molar-refractivity contribution in [2.24, 2.45) is 0 Å². The molecule has 1 aliphatic heterocycles. The van der Waals surface area contributed by atoms with Crippen LogP contribution in [0.3, 0.4) is 0 Å². The van der Waals surface area contributed by atoms with E-state index in [1.165, 1.54) is 0 Å². The minimum Gasteiger partial charge on any atom is -0.486 e. The molecule has 0 aliphatic carbocycles. The maximum absolute atomic E-state index is 5.59. The molecule has 2 aromatic rings.